The quantitative estimate of drug-likeness (QED) is 0.359. The van der Waals surface area contributed by atoms with Gasteiger partial charge in [-0.1, -0.05) is 11.6 Å². The van der Waals surface area contributed by atoms with E-state index in [1.165, 1.54) is 26.2 Å². The lowest BCUT2D eigenvalue weighted by atomic mass is 9.89. The van der Waals surface area contributed by atoms with Gasteiger partial charge in [-0.3, -0.25) is 9.78 Å². The van der Waals surface area contributed by atoms with Crippen LogP contribution in [0.4, 0.5) is 10.1 Å². The van der Waals surface area contributed by atoms with Gasteiger partial charge in [0.15, 0.2) is 5.65 Å². The molecule has 4 rings (SSSR count). The summed E-state index contributed by atoms with van der Waals surface area (Å²) in [6, 6.07) is 1.79. The lowest BCUT2D eigenvalue weighted by molar-refractivity contribution is -0.00178. The number of rotatable bonds is 8. The summed E-state index contributed by atoms with van der Waals surface area (Å²) in [5, 5.41) is 31.0. The summed E-state index contributed by atoms with van der Waals surface area (Å²) in [7, 11) is 0. The molecule has 0 saturated heterocycles. The van der Waals surface area contributed by atoms with Crippen molar-refractivity contribution in [1.82, 2.24) is 24.9 Å². The maximum atomic E-state index is 14.3. The van der Waals surface area contributed by atoms with Crippen molar-refractivity contribution < 1.29 is 19.4 Å². The van der Waals surface area contributed by atoms with Gasteiger partial charge >= 0.3 is 0 Å². The van der Waals surface area contributed by atoms with Gasteiger partial charge in [-0.25, -0.2) is 13.9 Å². The number of hydrogen-bond acceptors (Lipinski definition) is 7. The first kappa shape index (κ1) is 26.2. The van der Waals surface area contributed by atoms with Gasteiger partial charge in [0.2, 0.25) is 0 Å². The molecular formula is C25H32ClFN6O3. The summed E-state index contributed by atoms with van der Waals surface area (Å²) >= 11 is 6.02. The minimum Gasteiger partial charge on any atom is -0.390 e. The highest BCUT2D eigenvalue weighted by Crippen LogP contribution is 2.36. The van der Waals surface area contributed by atoms with Gasteiger partial charge in [0, 0.05) is 18.4 Å². The van der Waals surface area contributed by atoms with Gasteiger partial charge in [0.05, 0.1) is 57.7 Å². The fourth-order valence-electron chi connectivity index (χ4n) is 4.44. The number of nitrogens with zero attached hydrogens (tertiary/aromatic N) is 4. The lowest BCUT2D eigenvalue weighted by Crippen LogP contribution is -2.42. The standard InChI is InChI=1S/C25H32ClFN6O3/c1-24(2,35)14-5-6-16(7-14)32-20-8-19(17-11-31-33-13-15(26)9-29-22(17)33)28-10-18(20)23(34)30-12-21(27)25(3,4)36/h8-11,13-14,16,21,35-36H,5-7,12H2,1-4H3,(H,28,32)(H,30,34)/t14-,16-,21?/m0/s1. The number of halogens is 2. The van der Waals surface area contributed by atoms with Crippen molar-refractivity contribution in [2.24, 2.45) is 5.92 Å². The first-order valence-electron chi connectivity index (χ1n) is 12.0. The topological polar surface area (TPSA) is 125 Å². The van der Waals surface area contributed by atoms with Crippen LogP contribution in [0, 0.1) is 5.92 Å². The van der Waals surface area contributed by atoms with E-state index in [9.17, 15) is 19.4 Å². The van der Waals surface area contributed by atoms with Crippen LogP contribution in [0.2, 0.25) is 5.02 Å². The number of hydrogen-bond donors (Lipinski definition) is 4. The first-order chi connectivity index (χ1) is 16.8. The number of aliphatic hydroxyl groups is 2. The highest BCUT2D eigenvalue weighted by atomic mass is 35.5. The zero-order valence-corrected chi connectivity index (χ0v) is 21.6. The minimum atomic E-state index is -1.64. The fourth-order valence-corrected chi connectivity index (χ4v) is 4.58. The Morgan fingerprint density at radius 2 is 1.97 bits per heavy atom. The molecule has 3 atom stereocenters. The van der Waals surface area contributed by atoms with E-state index in [-0.39, 0.29) is 24.1 Å². The average molecular weight is 519 g/mol. The monoisotopic (exact) mass is 518 g/mol. The van der Waals surface area contributed by atoms with E-state index >= 15 is 0 Å². The summed E-state index contributed by atoms with van der Waals surface area (Å²) in [6.45, 7) is 5.98. The van der Waals surface area contributed by atoms with Gasteiger partial charge < -0.3 is 20.8 Å². The first-order valence-corrected chi connectivity index (χ1v) is 12.3. The normalized spacial score (nSPS) is 19.4. The molecule has 9 nitrogen and oxygen atoms in total. The van der Waals surface area contributed by atoms with Crippen molar-refractivity contribution in [3.63, 3.8) is 0 Å². The summed E-state index contributed by atoms with van der Waals surface area (Å²) < 4.78 is 15.8. The number of fused-ring (bicyclic) bond motifs is 1. The predicted molar refractivity (Wildman–Crippen MR) is 136 cm³/mol. The van der Waals surface area contributed by atoms with E-state index < -0.39 is 23.3 Å². The van der Waals surface area contributed by atoms with Crippen molar-refractivity contribution in [2.75, 3.05) is 11.9 Å². The summed E-state index contributed by atoms with van der Waals surface area (Å²) in [5.74, 6) is -0.383. The number of amides is 1. The molecular weight excluding hydrogens is 487 g/mol. The summed E-state index contributed by atoms with van der Waals surface area (Å²) in [5.41, 5.74) is 0.183. The SMILES string of the molecule is CC(C)(O)C(F)CNC(=O)c1cnc(-c2cnn3cc(Cl)cnc23)cc1N[C@H]1CC[C@H](C(C)(C)O)C1. The molecule has 36 heavy (non-hydrogen) atoms. The molecule has 1 unspecified atom stereocenters. The third kappa shape index (κ3) is 5.77. The molecule has 1 aliphatic rings. The molecule has 1 aliphatic carbocycles. The van der Waals surface area contributed by atoms with E-state index in [1.807, 2.05) is 13.8 Å². The van der Waals surface area contributed by atoms with Crippen LogP contribution in [-0.2, 0) is 0 Å². The highest BCUT2D eigenvalue weighted by Gasteiger charge is 2.35. The van der Waals surface area contributed by atoms with E-state index in [4.69, 9.17) is 11.6 Å². The van der Waals surface area contributed by atoms with Crippen molar-refractivity contribution in [1.29, 1.82) is 0 Å². The maximum Gasteiger partial charge on any atom is 0.255 e. The number of carbonyl (C=O) groups excluding carboxylic acids is 1. The Balaban J connectivity index is 1.64. The third-order valence-corrected chi connectivity index (χ3v) is 6.94. The van der Waals surface area contributed by atoms with Gasteiger partial charge in [-0.15, -0.1) is 0 Å². The Hall–Kier alpha value is -2.82. The number of anilines is 1. The predicted octanol–water partition coefficient (Wildman–Crippen LogP) is 3.64. The van der Waals surface area contributed by atoms with Gasteiger partial charge in [0.1, 0.15) is 6.17 Å². The van der Waals surface area contributed by atoms with Crippen molar-refractivity contribution in [3.8, 4) is 11.3 Å². The largest absolute Gasteiger partial charge is 0.390 e. The third-order valence-electron chi connectivity index (χ3n) is 6.75. The molecule has 1 fully saturated rings. The Morgan fingerprint density at radius 3 is 2.64 bits per heavy atom. The Labute approximate surface area is 214 Å². The van der Waals surface area contributed by atoms with Crippen LogP contribution < -0.4 is 10.6 Å². The Kier molecular flexibility index (Phi) is 7.23. The molecule has 0 bridgehead atoms. The van der Waals surface area contributed by atoms with Gasteiger partial charge in [-0.2, -0.15) is 5.10 Å². The second-order valence-electron chi connectivity index (χ2n) is 10.5. The number of pyridine rings is 1. The molecule has 1 saturated carbocycles. The van der Waals surface area contributed by atoms with Crippen LogP contribution in [0.25, 0.3) is 16.9 Å². The molecule has 3 aromatic rings. The number of aromatic nitrogens is 4. The molecule has 3 aromatic heterocycles. The van der Waals surface area contributed by atoms with E-state index in [0.29, 0.717) is 27.6 Å². The van der Waals surface area contributed by atoms with Crippen molar-refractivity contribution in [3.05, 3.63) is 41.4 Å². The van der Waals surface area contributed by atoms with Crippen LogP contribution >= 0.6 is 11.6 Å². The zero-order chi connectivity index (χ0) is 26.3. The molecule has 1 amide bonds. The maximum absolute atomic E-state index is 14.3. The summed E-state index contributed by atoms with van der Waals surface area (Å²) in [6.07, 6.45) is 7.01. The second-order valence-corrected chi connectivity index (χ2v) is 11.0. The molecule has 0 aliphatic heterocycles. The van der Waals surface area contributed by atoms with Crippen LogP contribution in [0.1, 0.15) is 57.3 Å². The molecule has 3 heterocycles. The van der Waals surface area contributed by atoms with E-state index in [0.717, 1.165) is 19.3 Å². The van der Waals surface area contributed by atoms with Crippen LogP contribution in [-0.4, -0.2) is 65.7 Å². The number of alkyl halides is 1. The highest BCUT2D eigenvalue weighted by molar-refractivity contribution is 6.30. The van der Waals surface area contributed by atoms with Gasteiger partial charge in [0.25, 0.3) is 5.91 Å². The van der Waals surface area contributed by atoms with Crippen LogP contribution in [0.5, 0.6) is 0 Å². The van der Waals surface area contributed by atoms with E-state index in [1.54, 1.807) is 23.0 Å². The van der Waals surface area contributed by atoms with Crippen LogP contribution in [0.15, 0.2) is 30.9 Å². The molecule has 11 heteroatoms. The molecule has 0 radical (unpaired) electrons. The summed E-state index contributed by atoms with van der Waals surface area (Å²) in [4.78, 5) is 21.8. The Bertz CT molecular complexity index is 1250. The molecule has 0 spiro atoms. The Morgan fingerprint density at radius 1 is 1.22 bits per heavy atom. The fraction of sp³-hybridized carbons (Fsp3) is 0.520. The van der Waals surface area contributed by atoms with Crippen LogP contribution in [0.3, 0.4) is 0 Å². The van der Waals surface area contributed by atoms with Gasteiger partial charge in [-0.05, 0) is 58.9 Å². The average Bonchev–Trinajstić information content (AvgIpc) is 3.43. The van der Waals surface area contributed by atoms with Crippen molar-refractivity contribution >= 4 is 28.8 Å². The molecule has 0 aromatic carbocycles. The number of nitrogens with one attached hydrogen (secondary N) is 2. The lowest BCUT2D eigenvalue weighted by Gasteiger charge is -2.26. The van der Waals surface area contributed by atoms with E-state index in [2.05, 4.69) is 25.7 Å². The smallest absolute Gasteiger partial charge is 0.255 e. The second kappa shape index (κ2) is 9.91. The molecule has 4 N–H and O–H groups in total. The zero-order valence-electron chi connectivity index (χ0n) is 20.8. The molecule has 194 valence electrons. The number of carbonyl (C=O) groups is 1. The minimum absolute atomic E-state index is 0.0364. The van der Waals surface area contributed by atoms with Crippen molar-refractivity contribution in [2.45, 2.75) is 70.4 Å².